The minimum Gasteiger partial charge on any atom is -0.464 e. The Morgan fingerprint density at radius 3 is 2.94 bits per heavy atom. The average molecular weight is 233 g/mol. The quantitative estimate of drug-likeness (QED) is 0.800. The first-order valence-electron chi connectivity index (χ1n) is 5.39. The van der Waals surface area contributed by atoms with Crippen molar-refractivity contribution in [2.24, 2.45) is 0 Å². The fourth-order valence-electron chi connectivity index (χ4n) is 1.29. The molecule has 0 bridgehead atoms. The van der Waals surface area contributed by atoms with Gasteiger partial charge in [-0.05, 0) is 32.9 Å². The number of rotatable bonds is 4. The first-order chi connectivity index (χ1) is 8.08. The van der Waals surface area contributed by atoms with Crippen molar-refractivity contribution in [3.63, 3.8) is 0 Å². The molecule has 5 nitrogen and oxygen atoms in total. The molecule has 0 amide bonds. The van der Waals surface area contributed by atoms with Crippen molar-refractivity contribution in [1.82, 2.24) is 4.98 Å². The van der Waals surface area contributed by atoms with Crippen LogP contribution in [0.5, 0.6) is 0 Å². The third-order valence-electron chi connectivity index (χ3n) is 2.15. The molecule has 90 valence electrons. The monoisotopic (exact) mass is 233 g/mol. The van der Waals surface area contributed by atoms with Gasteiger partial charge in [0.1, 0.15) is 17.9 Å². The highest BCUT2D eigenvalue weighted by molar-refractivity contribution is 5.79. The van der Waals surface area contributed by atoms with Crippen LogP contribution < -0.4 is 5.32 Å². The van der Waals surface area contributed by atoms with E-state index in [4.69, 9.17) is 10.00 Å². The summed E-state index contributed by atoms with van der Waals surface area (Å²) in [5, 5.41) is 11.8. The molecule has 1 atom stereocenters. The Morgan fingerprint density at radius 2 is 2.35 bits per heavy atom. The number of nitrogens with one attached hydrogen (secondary N) is 1. The lowest BCUT2D eigenvalue weighted by Crippen LogP contribution is -2.29. The van der Waals surface area contributed by atoms with Crippen molar-refractivity contribution in [2.75, 3.05) is 11.9 Å². The zero-order chi connectivity index (χ0) is 12.8. The highest BCUT2D eigenvalue weighted by Crippen LogP contribution is 2.13. The normalized spacial score (nSPS) is 11.4. The molecule has 0 fully saturated rings. The maximum absolute atomic E-state index is 11.4. The summed E-state index contributed by atoms with van der Waals surface area (Å²) in [6.45, 7) is 5.57. The van der Waals surface area contributed by atoms with Gasteiger partial charge in [-0.2, -0.15) is 5.26 Å². The first kappa shape index (κ1) is 13.0. The number of ether oxygens (including phenoxy) is 1. The van der Waals surface area contributed by atoms with Gasteiger partial charge in [0.05, 0.1) is 12.2 Å². The SMILES string of the molecule is CCOC(=O)C(C)Nc1nc(C)ccc1C#N. The van der Waals surface area contributed by atoms with E-state index in [9.17, 15) is 4.79 Å². The number of carbonyl (C=O) groups excluding carboxylic acids is 1. The molecule has 1 aromatic rings. The summed E-state index contributed by atoms with van der Waals surface area (Å²) in [7, 11) is 0. The molecule has 0 saturated carbocycles. The van der Waals surface area contributed by atoms with Gasteiger partial charge in [0.25, 0.3) is 0 Å². The number of nitrogens with zero attached hydrogens (tertiary/aromatic N) is 2. The second-order valence-corrected chi connectivity index (χ2v) is 3.58. The molecule has 0 aliphatic heterocycles. The second kappa shape index (κ2) is 5.85. The van der Waals surface area contributed by atoms with Crippen LogP contribution in [0.2, 0.25) is 0 Å². The summed E-state index contributed by atoms with van der Waals surface area (Å²) >= 11 is 0. The fourth-order valence-corrected chi connectivity index (χ4v) is 1.29. The van der Waals surface area contributed by atoms with Crippen LogP contribution in [0.3, 0.4) is 0 Å². The minimum absolute atomic E-state index is 0.331. The van der Waals surface area contributed by atoms with Gasteiger partial charge in [0, 0.05) is 5.69 Å². The van der Waals surface area contributed by atoms with Crippen LogP contribution in [-0.4, -0.2) is 23.6 Å². The van der Waals surface area contributed by atoms with Crippen molar-refractivity contribution in [1.29, 1.82) is 5.26 Å². The van der Waals surface area contributed by atoms with Crippen LogP contribution in [0.15, 0.2) is 12.1 Å². The highest BCUT2D eigenvalue weighted by Gasteiger charge is 2.15. The number of hydrogen-bond acceptors (Lipinski definition) is 5. The van der Waals surface area contributed by atoms with E-state index < -0.39 is 6.04 Å². The molecule has 0 aromatic carbocycles. The molecular formula is C12H15N3O2. The number of carbonyl (C=O) groups is 1. The topological polar surface area (TPSA) is 75.0 Å². The molecular weight excluding hydrogens is 218 g/mol. The number of aromatic nitrogens is 1. The number of aryl methyl sites for hydroxylation is 1. The van der Waals surface area contributed by atoms with Crippen molar-refractivity contribution in [3.05, 3.63) is 23.4 Å². The molecule has 0 radical (unpaired) electrons. The van der Waals surface area contributed by atoms with Gasteiger partial charge in [-0.15, -0.1) is 0 Å². The maximum atomic E-state index is 11.4. The summed E-state index contributed by atoms with van der Waals surface area (Å²) < 4.78 is 4.87. The average Bonchev–Trinajstić information content (AvgIpc) is 2.29. The lowest BCUT2D eigenvalue weighted by molar-refractivity contribution is -0.143. The third kappa shape index (κ3) is 3.45. The summed E-state index contributed by atoms with van der Waals surface area (Å²) in [4.78, 5) is 15.6. The fraction of sp³-hybridized carbons (Fsp3) is 0.417. The van der Waals surface area contributed by atoms with Gasteiger partial charge in [-0.25, -0.2) is 9.78 Å². The molecule has 1 rings (SSSR count). The molecule has 0 spiro atoms. The number of hydrogen-bond donors (Lipinski definition) is 1. The van der Waals surface area contributed by atoms with Gasteiger partial charge < -0.3 is 10.1 Å². The second-order valence-electron chi connectivity index (χ2n) is 3.58. The number of anilines is 1. The van der Waals surface area contributed by atoms with E-state index in [0.717, 1.165) is 5.69 Å². The summed E-state index contributed by atoms with van der Waals surface area (Å²) in [5.74, 6) is 0.0488. The molecule has 0 aliphatic carbocycles. The van der Waals surface area contributed by atoms with Gasteiger partial charge >= 0.3 is 5.97 Å². The summed E-state index contributed by atoms with van der Waals surface area (Å²) in [6, 6.07) is 4.91. The van der Waals surface area contributed by atoms with E-state index >= 15 is 0 Å². The van der Waals surface area contributed by atoms with Gasteiger partial charge in [-0.3, -0.25) is 0 Å². The van der Waals surface area contributed by atoms with E-state index in [1.807, 2.05) is 13.0 Å². The summed E-state index contributed by atoms with van der Waals surface area (Å²) in [6.07, 6.45) is 0. The highest BCUT2D eigenvalue weighted by atomic mass is 16.5. The number of esters is 1. The summed E-state index contributed by atoms with van der Waals surface area (Å²) in [5.41, 5.74) is 1.19. The Morgan fingerprint density at radius 1 is 1.65 bits per heavy atom. The standard InChI is InChI=1S/C12H15N3O2/c1-4-17-12(16)9(3)15-11-10(7-13)6-5-8(2)14-11/h5-6,9H,4H2,1-3H3,(H,14,15). The van der Waals surface area contributed by atoms with Crippen LogP contribution >= 0.6 is 0 Å². The molecule has 1 aromatic heterocycles. The van der Waals surface area contributed by atoms with E-state index in [1.54, 1.807) is 26.0 Å². The maximum Gasteiger partial charge on any atom is 0.328 e. The third-order valence-corrected chi connectivity index (χ3v) is 2.15. The van der Waals surface area contributed by atoms with E-state index in [1.165, 1.54) is 0 Å². The first-order valence-corrected chi connectivity index (χ1v) is 5.39. The molecule has 0 aliphatic rings. The van der Waals surface area contributed by atoms with Gasteiger partial charge in [-0.1, -0.05) is 0 Å². The van der Waals surface area contributed by atoms with Crippen LogP contribution in [0, 0.1) is 18.3 Å². The number of nitriles is 1. The smallest absolute Gasteiger partial charge is 0.328 e. The number of pyridine rings is 1. The van der Waals surface area contributed by atoms with Crippen molar-refractivity contribution in [2.45, 2.75) is 26.8 Å². The Kier molecular flexibility index (Phi) is 4.46. The Labute approximate surface area is 100 Å². The Balaban J connectivity index is 2.84. The Hall–Kier alpha value is -2.09. The van der Waals surface area contributed by atoms with E-state index in [2.05, 4.69) is 10.3 Å². The van der Waals surface area contributed by atoms with Crippen molar-refractivity contribution in [3.8, 4) is 6.07 Å². The van der Waals surface area contributed by atoms with Crippen LogP contribution in [-0.2, 0) is 9.53 Å². The molecule has 1 unspecified atom stereocenters. The van der Waals surface area contributed by atoms with Crippen molar-refractivity contribution >= 4 is 11.8 Å². The Bertz CT molecular complexity index is 452. The van der Waals surface area contributed by atoms with E-state index in [-0.39, 0.29) is 5.97 Å². The van der Waals surface area contributed by atoms with Crippen molar-refractivity contribution < 1.29 is 9.53 Å². The van der Waals surface area contributed by atoms with Crippen LogP contribution in [0.4, 0.5) is 5.82 Å². The molecule has 5 heteroatoms. The minimum atomic E-state index is -0.531. The zero-order valence-electron chi connectivity index (χ0n) is 10.2. The van der Waals surface area contributed by atoms with Crippen LogP contribution in [0.25, 0.3) is 0 Å². The largest absolute Gasteiger partial charge is 0.464 e. The zero-order valence-corrected chi connectivity index (χ0v) is 10.2. The molecule has 0 saturated heterocycles. The van der Waals surface area contributed by atoms with Gasteiger partial charge in [0.2, 0.25) is 0 Å². The van der Waals surface area contributed by atoms with Gasteiger partial charge in [0.15, 0.2) is 0 Å². The van der Waals surface area contributed by atoms with Crippen LogP contribution in [0.1, 0.15) is 25.1 Å². The molecule has 1 heterocycles. The van der Waals surface area contributed by atoms with E-state index in [0.29, 0.717) is 18.0 Å². The predicted octanol–water partition coefficient (Wildman–Crippen LogP) is 1.63. The lowest BCUT2D eigenvalue weighted by atomic mass is 10.2. The molecule has 17 heavy (non-hydrogen) atoms. The predicted molar refractivity (Wildman–Crippen MR) is 63.4 cm³/mol. The molecule has 1 N–H and O–H groups in total. The lowest BCUT2D eigenvalue weighted by Gasteiger charge is -2.14.